The van der Waals surface area contributed by atoms with E-state index in [9.17, 15) is 4.79 Å². The van der Waals surface area contributed by atoms with Gasteiger partial charge in [-0.3, -0.25) is 0 Å². The number of hydrogen-bond acceptors (Lipinski definition) is 4. The molecule has 0 bridgehead atoms. The first-order valence-corrected chi connectivity index (χ1v) is 6.47. The Hall–Kier alpha value is -1.91. The molecular weight excluding hydrogens is 242 g/mol. The quantitative estimate of drug-likeness (QED) is 0.812. The minimum absolute atomic E-state index is 0.234. The van der Waals surface area contributed by atoms with Gasteiger partial charge in [-0.05, 0) is 24.3 Å². The first-order valence-electron chi connectivity index (χ1n) is 6.47. The fourth-order valence-corrected chi connectivity index (χ4v) is 2.24. The van der Waals surface area contributed by atoms with Crippen LogP contribution in [-0.2, 0) is 4.74 Å². The van der Waals surface area contributed by atoms with Crippen LogP contribution < -0.4 is 9.80 Å². The molecule has 19 heavy (non-hydrogen) atoms. The van der Waals surface area contributed by atoms with E-state index in [1.807, 2.05) is 14.1 Å². The van der Waals surface area contributed by atoms with E-state index in [0.717, 1.165) is 13.1 Å². The number of rotatable bonds is 2. The summed E-state index contributed by atoms with van der Waals surface area (Å²) in [5, 5.41) is 0. The SMILES string of the molecule is COC(=O)N1CCN(c2ccc(N(C)C)cc2)CC1. The van der Waals surface area contributed by atoms with Crippen LogP contribution in [0.2, 0.25) is 0 Å². The predicted molar refractivity (Wildman–Crippen MR) is 77.0 cm³/mol. The molecule has 0 aromatic heterocycles. The highest BCUT2D eigenvalue weighted by molar-refractivity contribution is 5.68. The zero-order chi connectivity index (χ0) is 13.8. The maximum absolute atomic E-state index is 11.4. The average molecular weight is 263 g/mol. The lowest BCUT2D eigenvalue weighted by Gasteiger charge is -2.35. The first kappa shape index (κ1) is 13.5. The third kappa shape index (κ3) is 3.10. The van der Waals surface area contributed by atoms with Gasteiger partial charge in [0.15, 0.2) is 0 Å². The maximum atomic E-state index is 11.4. The normalized spacial score (nSPS) is 15.3. The van der Waals surface area contributed by atoms with Crippen molar-refractivity contribution in [3.63, 3.8) is 0 Å². The third-order valence-electron chi connectivity index (χ3n) is 3.44. The van der Waals surface area contributed by atoms with E-state index < -0.39 is 0 Å². The minimum Gasteiger partial charge on any atom is -0.453 e. The number of carbonyl (C=O) groups excluding carboxylic acids is 1. The molecule has 1 aromatic carbocycles. The van der Waals surface area contributed by atoms with Gasteiger partial charge in [-0.2, -0.15) is 0 Å². The smallest absolute Gasteiger partial charge is 0.409 e. The Labute approximate surface area is 114 Å². The minimum atomic E-state index is -0.234. The number of hydrogen-bond donors (Lipinski definition) is 0. The monoisotopic (exact) mass is 263 g/mol. The van der Waals surface area contributed by atoms with Crippen LogP contribution in [0.1, 0.15) is 0 Å². The van der Waals surface area contributed by atoms with E-state index in [1.54, 1.807) is 4.90 Å². The molecule has 0 spiro atoms. The molecule has 1 aliphatic rings. The van der Waals surface area contributed by atoms with E-state index in [1.165, 1.54) is 18.5 Å². The molecule has 2 rings (SSSR count). The molecule has 5 nitrogen and oxygen atoms in total. The van der Waals surface area contributed by atoms with Crippen molar-refractivity contribution in [3.05, 3.63) is 24.3 Å². The van der Waals surface area contributed by atoms with E-state index in [-0.39, 0.29) is 6.09 Å². The first-order chi connectivity index (χ1) is 9.11. The Balaban J connectivity index is 1.96. The van der Waals surface area contributed by atoms with Crippen LogP contribution in [0.15, 0.2) is 24.3 Å². The van der Waals surface area contributed by atoms with E-state index in [2.05, 4.69) is 34.1 Å². The van der Waals surface area contributed by atoms with Gasteiger partial charge in [0.25, 0.3) is 0 Å². The molecule has 5 heteroatoms. The highest BCUT2D eigenvalue weighted by Gasteiger charge is 2.21. The van der Waals surface area contributed by atoms with Crippen molar-refractivity contribution in [2.45, 2.75) is 0 Å². The molecule has 0 atom stereocenters. The van der Waals surface area contributed by atoms with Gasteiger partial charge in [-0.25, -0.2) is 4.79 Å². The molecule has 1 aromatic rings. The lowest BCUT2D eigenvalue weighted by molar-refractivity contribution is 0.121. The number of ether oxygens (including phenoxy) is 1. The molecule has 1 saturated heterocycles. The number of amides is 1. The van der Waals surface area contributed by atoms with Crippen LogP contribution in [-0.4, -0.2) is 58.4 Å². The summed E-state index contributed by atoms with van der Waals surface area (Å²) in [7, 11) is 5.49. The largest absolute Gasteiger partial charge is 0.453 e. The van der Waals surface area contributed by atoms with Gasteiger partial charge in [0.05, 0.1) is 7.11 Å². The van der Waals surface area contributed by atoms with E-state index in [0.29, 0.717) is 13.1 Å². The molecule has 1 aliphatic heterocycles. The molecule has 0 N–H and O–H groups in total. The molecule has 0 saturated carbocycles. The van der Waals surface area contributed by atoms with Crippen LogP contribution in [0.3, 0.4) is 0 Å². The molecule has 0 radical (unpaired) electrons. The predicted octanol–water partition coefficient (Wildman–Crippen LogP) is 1.64. The summed E-state index contributed by atoms with van der Waals surface area (Å²) in [6.07, 6.45) is -0.234. The average Bonchev–Trinajstić information content (AvgIpc) is 2.46. The second-order valence-electron chi connectivity index (χ2n) is 4.85. The summed E-state index contributed by atoms with van der Waals surface area (Å²) in [4.78, 5) is 17.5. The second kappa shape index (κ2) is 5.82. The van der Waals surface area contributed by atoms with Crippen LogP contribution in [0.25, 0.3) is 0 Å². The number of carbonyl (C=O) groups is 1. The molecule has 0 aliphatic carbocycles. The lowest BCUT2D eigenvalue weighted by Crippen LogP contribution is -2.48. The van der Waals surface area contributed by atoms with Gasteiger partial charge >= 0.3 is 6.09 Å². The fourth-order valence-electron chi connectivity index (χ4n) is 2.24. The van der Waals surface area contributed by atoms with Crippen LogP contribution in [0.4, 0.5) is 16.2 Å². The molecule has 1 heterocycles. The fraction of sp³-hybridized carbons (Fsp3) is 0.500. The Morgan fingerprint density at radius 1 is 1.11 bits per heavy atom. The molecule has 104 valence electrons. The van der Waals surface area contributed by atoms with Crippen molar-refractivity contribution >= 4 is 17.5 Å². The zero-order valence-corrected chi connectivity index (χ0v) is 11.8. The van der Waals surface area contributed by atoms with Crippen molar-refractivity contribution in [2.75, 3.05) is 57.2 Å². The topological polar surface area (TPSA) is 36.0 Å². The Morgan fingerprint density at radius 2 is 1.68 bits per heavy atom. The summed E-state index contributed by atoms with van der Waals surface area (Å²) >= 11 is 0. The van der Waals surface area contributed by atoms with Crippen molar-refractivity contribution < 1.29 is 9.53 Å². The van der Waals surface area contributed by atoms with Crippen molar-refractivity contribution in [2.24, 2.45) is 0 Å². The highest BCUT2D eigenvalue weighted by Crippen LogP contribution is 2.20. The van der Waals surface area contributed by atoms with Crippen LogP contribution in [0.5, 0.6) is 0 Å². The summed E-state index contributed by atoms with van der Waals surface area (Å²) in [6, 6.07) is 8.48. The zero-order valence-electron chi connectivity index (χ0n) is 11.8. The standard InChI is InChI=1S/C14H21N3O2/c1-15(2)12-4-6-13(7-5-12)16-8-10-17(11-9-16)14(18)19-3/h4-7H,8-11H2,1-3H3. The van der Waals surface area contributed by atoms with Gasteiger partial charge in [0, 0.05) is 51.6 Å². The van der Waals surface area contributed by atoms with Gasteiger partial charge in [0.2, 0.25) is 0 Å². The lowest BCUT2D eigenvalue weighted by atomic mass is 10.2. The third-order valence-corrected chi connectivity index (χ3v) is 3.44. The summed E-state index contributed by atoms with van der Waals surface area (Å²) in [6.45, 7) is 3.11. The maximum Gasteiger partial charge on any atom is 0.409 e. The highest BCUT2D eigenvalue weighted by atomic mass is 16.5. The molecule has 0 unspecified atom stereocenters. The molecular formula is C14H21N3O2. The van der Waals surface area contributed by atoms with E-state index >= 15 is 0 Å². The summed E-state index contributed by atoms with van der Waals surface area (Å²) < 4.78 is 4.74. The number of nitrogens with zero attached hydrogens (tertiary/aromatic N) is 3. The summed E-state index contributed by atoms with van der Waals surface area (Å²) in [5.74, 6) is 0. The number of anilines is 2. The van der Waals surface area contributed by atoms with Crippen molar-refractivity contribution in [1.29, 1.82) is 0 Å². The molecule has 1 fully saturated rings. The van der Waals surface area contributed by atoms with Gasteiger partial charge in [0.1, 0.15) is 0 Å². The van der Waals surface area contributed by atoms with Crippen LogP contribution in [0, 0.1) is 0 Å². The Bertz CT molecular complexity index is 423. The Morgan fingerprint density at radius 3 is 2.16 bits per heavy atom. The number of methoxy groups -OCH3 is 1. The van der Waals surface area contributed by atoms with Gasteiger partial charge < -0.3 is 19.4 Å². The van der Waals surface area contributed by atoms with Gasteiger partial charge in [-0.1, -0.05) is 0 Å². The van der Waals surface area contributed by atoms with E-state index in [4.69, 9.17) is 4.74 Å². The second-order valence-corrected chi connectivity index (χ2v) is 4.85. The summed E-state index contributed by atoms with van der Waals surface area (Å²) in [5.41, 5.74) is 2.40. The number of piperazine rings is 1. The van der Waals surface area contributed by atoms with Crippen molar-refractivity contribution in [1.82, 2.24) is 4.90 Å². The number of benzene rings is 1. The Kier molecular flexibility index (Phi) is 4.14. The van der Waals surface area contributed by atoms with Gasteiger partial charge in [-0.15, -0.1) is 0 Å². The molecule has 1 amide bonds. The van der Waals surface area contributed by atoms with Crippen molar-refractivity contribution in [3.8, 4) is 0 Å². The van der Waals surface area contributed by atoms with Crippen LogP contribution >= 0.6 is 0 Å².